The van der Waals surface area contributed by atoms with E-state index < -0.39 is 0 Å². The van der Waals surface area contributed by atoms with Crippen molar-refractivity contribution >= 4 is 29.9 Å². The first-order valence-electron chi connectivity index (χ1n) is 9.56. The van der Waals surface area contributed by atoms with Crippen LogP contribution in [-0.2, 0) is 4.79 Å². The lowest BCUT2D eigenvalue weighted by molar-refractivity contribution is -0.118. The molecule has 7 heteroatoms. The quantitative estimate of drug-likeness (QED) is 0.781. The zero-order valence-corrected chi connectivity index (χ0v) is 17.8. The molecule has 0 aromatic heterocycles. The van der Waals surface area contributed by atoms with Crippen molar-refractivity contribution in [3.05, 3.63) is 59.7 Å². The highest BCUT2D eigenvalue weighted by molar-refractivity contribution is 5.96. The van der Waals surface area contributed by atoms with Crippen molar-refractivity contribution in [2.24, 2.45) is 5.92 Å². The number of ether oxygens (including phenoxy) is 1. The van der Waals surface area contributed by atoms with Crippen LogP contribution in [0.4, 0.5) is 5.69 Å². The topological polar surface area (TPSA) is 70.7 Å². The van der Waals surface area contributed by atoms with Crippen molar-refractivity contribution in [3.63, 3.8) is 0 Å². The number of anilines is 1. The zero-order chi connectivity index (χ0) is 20.1. The molecule has 1 aliphatic heterocycles. The molecule has 1 fully saturated rings. The summed E-state index contributed by atoms with van der Waals surface area (Å²) in [5.74, 6) is 0.612. The van der Waals surface area contributed by atoms with Crippen molar-refractivity contribution in [1.29, 1.82) is 0 Å². The van der Waals surface area contributed by atoms with Gasteiger partial charge in [-0.2, -0.15) is 0 Å². The number of hydrogen-bond donors (Lipinski definition) is 2. The van der Waals surface area contributed by atoms with Gasteiger partial charge in [-0.25, -0.2) is 0 Å². The van der Waals surface area contributed by atoms with Gasteiger partial charge in [0.1, 0.15) is 5.75 Å². The van der Waals surface area contributed by atoms with Crippen LogP contribution in [0.2, 0.25) is 0 Å². The SMILES string of the molecule is COc1ccccc1C1CNCCN1C(=O)c1ccc(NC(=O)C(C)C)cc1.Cl. The number of hydrogen-bond acceptors (Lipinski definition) is 4. The second kappa shape index (κ2) is 10.3. The van der Waals surface area contributed by atoms with Crippen LogP contribution < -0.4 is 15.4 Å². The molecular weight excluding hydrogens is 390 g/mol. The molecule has 156 valence electrons. The second-order valence-corrected chi connectivity index (χ2v) is 7.18. The Kier molecular flexibility index (Phi) is 8.05. The highest BCUT2D eigenvalue weighted by atomic mass is 35.5. The standard InChI is InChI=1S/C22H27N3O3.ClH/c1-15(2)21(26)24-17-10-8-16(9-11-17)22(27)25-13-12-23-14-19(25)18-6-4-5-7-20(18)28-3;/h4-11,15,19,23H,12-14H2,1-3H3,(H,24,26);1H. The number of carbonyl (C=O) groups excluding carboxylic acids is 2. The van der Waals surface area contributed by atoms with E-state index in [1.54, 1.807) is 31.4 Å². The molecule has 1 heterocycles. The lowest BCUT2D eigenvalue weighted by atomic mass is 10.0. The van der Waals surface area contributed by atoms with Crippen LogP contribution >= 0.6 is 12.4 Å². The van der Waals surface area contributed by atoms with Crippen molar-refractivity contribution in [2.45, 2.75) is 19.9 Å². The molecule has 0 radical (unpaired) electrons. The number of carbonyl (C=O) groups is 2. The van der Waals surface area contributed by atoms with Crippen LogP contribution in [0.3, 0.4) is 0 Å². The van der Waals surface area contributed by atoms with Gasteiger partial charge in [0.05, 0.1) is 13.2 Å². The molecule has 0 aliphatic carbocycles. The minimum atomic E-state index is -0.0993. The molecule has 2 aromatic rings. The van der Waals surface area contributed by atoms with Crippen LogP contribution in [0.5, 0.6) is 5.75 Å². The highest BCUT2D eigenvalue weighted by Gasteiger charge is 2.30. The maximum Gasteiger partial charge on any atom is 0.254 e. The van der Waals surface area contributed by atoms with E-state index in [1.165, 1.54) is 0 Å². The van der Waals surface area contributed by atoms with Crippen molar-refractivity contribution in [1.82, 2.24) is 10.2 Å². The summed E-state index contributed by atoms with van der Waals surface area (Å²) in [5.41, 5.74) is 2.28. The first-order chi connectivity index (χ1) is 13.5. The monoisotopic (exact) mass is 417 g/mol. The summed E-state index contributed by atoms with van der Waals surface area (Å²) in [7, 11) is 1.64. The Labute approximate surface area is 178 Å². The van der Waals surface area contributed by atoms with Gasteiger partial charge in [-0.05, 0) is 30.3 Å². The van der Waals surface area contributed by atoms with E-state index in [-0.39, 0.29) is 36.2 Å². The zero-order valence-electron chi connectivity index (χ0n) is 17.0. The molecule has 2 aromatic carbocycles. The molecule has 0 bridgehead atoms. The number of rotatable bonds is 5. The van der Waals surface area contributed by atoms with E-state index in [9.17, 15) is 9.59 Å². The number of halogens is 1. The summed E-state index contributed by atoms with van der Waals surface area (Å²) in [6.07, 6.45) is 0. The molecule has 1 aliphatic rings. The number of nitrogens with one attached hydrogen (secondary N) is 2. The third-order valence-corrected chi connectivity index (χ3v) is 4.93. The molecule has 6 nitrogen and oxygen atoms in total. The number of benzene rings is 2. The number of amides is 2. The normalized spacial score (nSPS) is 16.1. The van der Waals surface area contributed by atoms with Gasteiger partial charge in [0, 0.05) is 42.4 Å². The predicted octanol–water partition coefficient (Wildman–Crippen LogP) is 3.50. The van der Waals surface area contributed by atoms with Crippen molar-refractivity contribution in [3.8, 4) is 5.75 Å². The summed E-state index contributed by atoms with van der Waals surface area (Å²) in [5, 5.41) is 6.21. The van der Waals surface area contributed by atoms with E-state index in [0.717, 1.165) is 17.9 Å². The molecule has 1 atom stereocenters. The summed E-state index contributed by atoms with van der Waals surface area (Å²) < 4.78 is 5.50. The lowest BCUT2D eigenvalue weighted by Gasteiger charge is -2.37. The maximum absolute atomic E-state index is 13.2. The van der Waals surface area contributed by atoms with E-state index in [4.69, 9.17) is 4.74 Å². The molecule has 2 amide bonds. The first kappa shape index (κ1) is 22.7. The van der Waals surface area contributed by atoms with Gasteiger partial charge in [-0.15, -0.1) is 12.4 Å². The minimum absolute atomic E-state index is 0. The lowest BCUT2D eigenvalue weighted by Crippen LogP contribution is -2.48. The second-order valence-electron chi connectivity index (χ2n) is 7.18. The largest absolute Gasteiger partial charge is 0.496 e. The third-order valence-electron chi connectivity index (χ3n) is 4.93. The first-order valence-corrected chi connectivity index (χ1v) is 9.56. The van der Waals surface area contributed by atoms with Crippen LogP contribution in [0, 0.1) is 5.92 Å². The maximum atomic E-state index is 13.2. The van der Waals surface area contributed by atoms with Gasteiger partial charge >= 0.3 is 0 Å². The fourth-order valence-electron chi connectivity index (χ4n) is 3.32. The van der Waals surface area contributed by atoms with Crippen LogP contribution in [0.1, 0.15) is 35.8 Å². The molecular formula is C22H28ClN3O3. The summed E-state index contributed by atoms with van der Waals surface area (Å²) in [6, 6.07) is 14.8. The Morgan fingerprint density at radius 1 is 1.14 bits per heavy atom. The average Bonchev–Trinajstić information content (AvgIpc) is 2.73. The Bertz CT molecular complexity index is 839. The van der Waals surface area contributed by atoms with Crippen LogP contribution in [0.15, 0.2) is 48.5 Å². The number of piperazine rings is 1. The number of nitrogens with zero attached hydrogens (tertiary/aromatic N) is 1. The number of para-hydroxylation sites is 1. The number of methoxy groups -OCH3 is 1. The van der Waals surface area contributed by atoms with Crippen molar-refractivity contribution < 1.29 is 14.3 Å². The third kappa shape index (κ3) is 5.28. The Balaban J connectivity index is 0.00000300. The Morgan fingerprint density at radius 3 is 2.48 bits per heavy atom. The smallest absolute Gasteiger partial charge is 0.254 e. The highest BCUT2D eigenvalue weighted by Crippen LogP contribution is 2.31. The van der Waals surface area contributed by atoms with E-state index in [0.29, 0.717) is 24.3 Å². The summed E-state index contributed by atoms with van der Waals surface area (Å²) >= 11 is 0. The van der Waals surface area contributed by atoms with Gasteiger partial charge in [-0.3, -0.25) is 9.59 Å². The molecule has 2 N–H and O–H groups in total. The molecule has 0 saturated carbocycles. The molecule has 1 unspecified atom stereocenters. The van der Waals surface area contributed by atoms with Crippen LogP contribution in [0.25, 0.3) is 0 Å². The van der Waals surface area contributed by atoms with Crippen LogP contribution in [-0.4, -0.2) is 43.5 Å². The molecule has 1 saturated heterocycles. The van der Waals surface area contributed by atoms with Gasteiger partial charge in [-0.1, -0.05) is 32.0 Å². The molecule has 29 heavy (non-hydrogen) atoms. The molecule has 0 spiro atoms. The summed E-state index contributed by atoms with van der Waals surface area (Å²) in [6.45, 7) is 5.73. The van der Waals surface area contributed by atoms with Gasteiger partial charge in [0.15, 0.2) is 0 Å². The van der Waals surface area contributed by atoms with E-state index >= 15 is 0 Å². The molecule has 3 rings (SSSR count). The Hall–Kier alpha value is -2.57. The van der Waals surface area contributed by atoms with Crippen molar-refractivity contribution in [2.75, 3.05) is 32.1 Å². The predicted molar refractivity (Wildman–Crippen MR) is 117 cm³/mol. The van der Waals surface area contributed by atoms with Gasteiger partial charge < -0.3 is 20.3 Å². The Morgan fingerprint density at radius 2 is 1.83 bits per heavy atom. The summed E-state index contributed by atoms with van der Waals surface area (Å²) in [4.78, 5) is 26.9. The minimum Gasteiger partial charge on any atom is -0.496 e. The van der Waals surface area contributed by atoms with Gasteiger partial charge in [0.25, 0.3) is 5.91 Å². The fraction of sp³-hybridized carbons (Fsp3) is 0.364. The fourth-order valence-corrected chi connectivity index (χ4v) is 3.32. The van der Waals surface area contributed by atoms with Gasteiger partial charge in [0.2, 0.25) is 5.91 Å². The van der Waals surface area contributed by atoms with E-state index in [1.807, 2.05) is 43.0 Å². The average molecular weight is 418 g/mol. The van der Waals surface area contributed by atoms with E-state index in [2.05, 4.69) is 10.6 Å².